The molecule has 0 saturated carbocycles. The number of hydrogen-bond donors (Lipinski definition) is 0. The van der Waals surface area contributed by atoms with Crippen LogP contribution in [-0.2, 0) is 18.5 Å². The molecule has 0 aliphatic carbocycles. The first-order valence-corrected chi connectivity index (χ1v) is 8.70. The van der Waals surface area contributed by atoms with E-state index < -0.39 is 0 Å². The second-order valence-corrected chi connectivity index (χ2v) is 8.05. The van der Waals surface area contributed by atoms with Crippen molar-refractivity contribution >= 4 is 18.0 Å². The van der Waals surface area contributed by atoms with Crippen LogP contribution in [0.4, 0.5) is 0 Å². The number of nitrogens with zero attached hydrogens (tertiary/aromatic N) is 1. The highest BCUT2D eigenvalue weighted by atomic mass is 35.5. The molecular weight excluding hydrogens is 326 g/mol. The number of halogens is 1. The molecule has 0 radical (unpaired) electrons. The van der Waals surface area contributed by atoms with E-state index in [1.807, 2.05) is 0 Å². The van der Waals surface area contributed by atoms with Crippen LogP contribution in [0.5, 0.6) is 0 Å². The normalized spacial score (nSPS) is 11.3. The standard InChI is InChI=1S/C23H31N.ClH/c1-17(2)22-14-20(9-8-18(22)3)16-24(7)15-19-10-12-21(13-11-19)23(4,5)6;/h8-14H,1,15-16H2,2-7H3;1H. The molecule has 0 spiro atoms. The Hall–Kier alpha value is -1.57. The monoisotopic (exact) mass is 357 g/mol. The van der Waals surface area contributed by atoms with Gasteiger partial charge in [-0.25, -0.2) is 0 Å². The van der Waals surface area contributed by atoms with Crippen molar-refractivity contribution in [3.05, 3.63) is 76.9 Å². The molecule has 2 aromatic rings. The van der Waals surface area contributed by atoms with Crippen molar-refractivity contribution in [2.75, 3.05) is 7.05 Å². The molecule has 0 aliphatic rings. The van der Waals surface area contributed by atoms with E-state index in [4.69, 9.17) is 0 Å². The van der Waals surface area contributed by atoms with E-state index in [2.05, 4.69) is 95.6 Å². The maximum absolute atomic E-state index is 4.09. The van der Waals surface area contributed by atoms with Gasteiger partial charge >= 0.3 is 0 Å². The van der Waals surface area contributed by atoms with Crippen molar-refractivity contribution in [1.29, 1.82) is 0 Å². The molecular formula is C23H32ClN. The molecule has 2 aromatic carbocycles. The largest absolute Gasteiger partial charge is 0.298 e. The van der Waals surface area contributed by atoms with Crippen molar-refractivity contribution in [2.45, 2.75) is 53.1 Å². The van der Waals surface area contributed by atoms with Crippen LogP contribution in [0, 0.1) is 6.92 Å². The summed E-state index contributed by atoms with van der Waals surface area (Å²) in [5.41, 5.74) is 8.01. The summed E-state index contributed by atoms with van der Waals surface area (Å²) >= 11 is 0. The average molecular weight is 358 g/mol. The van der Waals surface area contributed by atoms with E-state index in [9.17, 15) is 0 Å². The summed E-state index contributed by atoms with van der Waals surface area (Å²) in [6.45, 7) is 17.0. The van der Waals surface area contributed by atoms with Gasteiger partial charge < -0.3 is 0 Å². The Morgan fingerprint density at radius 3 is 2.00 bits per heavy atom. The van der Waals surface area contributed by atoms with Crippen LogP contribution >= 0.6 is 12.4 Å². The lowest BCUT2D eigenvalue weighted by atomic mass is 9.87. The predicted octanol–water partition coefficient (Wildman–Crippen LogP) is 6.38. The molecule has 0 atom stereocenters. The molecule has 25 heavy (non-hydrogen) atoms. The topological polar surface area (TPSA) is 3.24 Å². The van der Waals surface area contributed by atoms with Crippen LogP contribution in [-0.4, -0.2) is 11.9 Å². The zero-order chi connectivity index (χ0) is 17.9. The average Bonchev–Trinajstić information content (AvgIpc) is 2.48. The number of benzene rings is 2. The van der Waals surface area contributed by atoms with Gasteiger partial charge in [0.2, 0.25) is 0 Å². The Balaban J connectivity index is 0.00000312. The Morgan fingerprint density at radius 1 is 0.960 bits per heavy atom. The summed E-state index contributed by atoms with van der Waals surface area (Å²) in [6, 6.07) is 15.7. The molecule has 0 bridgehead atoms. The number of rotatable bonds is 5. The number of allylic oxidation sites excluding steroid dienone is 1. The molecule has 1 nitrogen and oxygen atoms in total. The molecule has 2 rings (SSSR count). The first-order valence-electron chi connectivity index (χ1n) is 8.70. The zero-order valence-corrected chi connectivity index (χ0v) is 17.3. The van der Waals surface area contributed by atoms with Crippen molar-refractivity contribution in [3.8, 4) is 0 Å². The SMILES string of the molecule is C=C(C)c1cc(CN(C)Cc2ccc(C(C)(C)C)cc2)ccc1C.Cl. The summed E-state index contributed by atoms with van der Waals surface area (Å²) in [7, 11) is 2.18. The number of aryl methyl sites for hydroxylation is 1. The predicted molar refractivity (Wildman–Crippen MR) is 113 cm³/mol. The Labute approximate surface area is 160 Å². The second-order valence-electron chi connectivity index (χ2n) is 8.05. The van der Waals surface area contributed by atoms with Crippen LogP contribution in [0.1, 0.15) is 55.5 Å². The van der Waals surface area contributed by atoms with Crippen molar-refractivity contribution < 1.29 is 0 Å². The fourth-order valence-electron chi connectivity index (χ4n) is 3.02. The lowest BCUT2D eigenvalue weighted by molar-refractivity contribution is 0.319. The molecule has 0 amide bonds. The maximum atomic E-state index is 4.09. The van der Waals surface area contributed by atoms with Gasteiger partial charge in [-0.2, -0.15) is 0 Å². The van der Waals surface area contributed by atoms with Crippen LogP contribution in [0.3, 0.4) is 0 Å². The molecule has 0 N–H and O–H groups in total. The lowest BCUT2D eigenvalue weighted by Crippen LogP contribution is -2.18. The molecule has 0 fully saturated rings. The summed E-state index contributed by atoms with van der Waals surface area (Å²) in [6.07, 6.45) is 0. The van der Waals surface area contributed by atoms with Gasteiger partial charge in [0, 0.05) is 13.1 Å². The number of hydrogen-bond acceptors (Lipinski definition) is 1. The van der Waals surface area contributed by atoms with E-state index in [1.165, 1.54) is 27.8 Å². The van der Waals surface area contributed by atoms with Crippen LogP contribution in [0.15, 0.2) is 49.0 Å². The fraction of sp³-hybridized carbons (Fsp3) is 0.391. The molecule has 136 valence electrons. The highest BCUT2D eigenvalue weighted by molar-refractivity contribution is 5.85. The third-order valence-electron chi connectivity index (χ3n) is 4.49. The van der Waals surface area contributed by atoms with E-state index in [-0.39, 0.29) is 17.8 Å². The highest BCUT2D eigenvalue weighted by Crippen LogP contribution is 2.23. The first kappa shape index (κ1) is 21.5. The van der Waals surface area contributed by atoms with Gasteiger partial charge in [0.25, 0.3) is 0 Å². The molecule has 0 heterocycles. The Bertz CT molecular complexity index is 708. The zero-order valence-electron chi connectivity index (χ0n) is 16.5. The minimum absolute atomic E-state index is 0. The maximum Gasteiger partial charge on any atom is 0.0234 e. The van der Waals surface area contributed by atoms with Gasteiger partial charge in [0.15, 0.2) is 0 Å². The second kappa shape index (κ2) is 8.69. The van der Waals surface area contributed by atoms with Gasteiger partial charge in [-0.1, -0.05) is 69.3 Å². The fourth-order valence-corrected chi connectivity index (χ4v) is 3.02. The Kier molecular flexibility index (Phi) is 7.46. The van der Waals surface area contributed by atoms with Crippen LogP contribution < -0.4 is 0 Å². The van der Waals surface area contributed by atoms with Crippen LogP contribution in [0.25, 0.3) is 5.57 Å². The molecule has 0 aliphatic heterocycles. The van der Waals surface area contributed by atoms with Crippen molar-refractivity contribution in [3.63, 3.8) is 0 Å². The Morgan fingerprint density at radius 2 is 1.48 bits per heavy atom. The third-order valence-corrected chi connectivity index (χ3v) is 4.49. The van der Waals surface area contributed by atoms with Crippen LogP contribution in [0.2, 0.25) is 0 Å². The molecule has 0 unspecified atom stereocenters. The van der Waals surface area contributed by atoms with E-state index >= 15 is 0 Å². The highest BCUT2D eigenvalue weighted by Gasteiger charge is 2.13. The van der Waals surface area contributed by atoms with Gasteiger partial charge in [-0.15, -0.1) is 12.4 Å². The lowest BCUT2D eigenvalue weighted by Gasteiger charge is -2.21. The molecule has 0 aromatic heterocycles. The minimum atomic E-state index is 0. The quantitative estimate of drug-likeness (QED) is 0.600. The van der Waals surface area contributed by atoms with Gasteiger partial charge in [0.05, 0.1) is 0 Å². The molecule has 0 saturated heterocycles. The minimum Gasteiger partial charge on any atom is -0.298 e. The van der Waals surface area contributed by atoms with Crippen molar-refractivity contribution in [2.24, 2.45) is 0 Å². The summed E-state index contributed by atoms with van der Waals surface area (Å²) < 4.78 is 0. The summed E-state index contributed by atoms with van der Waals surface area (Å²) in [4.78, 5) is 2.36. The third kappa shape index (κ3) is 6.02. The first-order chi connectivity index (χ1) is 11.2. The molecule has 2 heteroatoms. The van der Waals surface area contributed by atoms with Gasteiger partial charge in [0.1, 0.15) is 0 Å². The van der Waals surface area contributed by atoms with Gasteiger partial charge in [-0.3, -0.25) is 4.90 Å². The van der Waals surface area contributed by atoms with E-state index in [1.54, 1.807) is 0 Å². The van der Waals surface area contributed by atoms with E-state index in [0.29, 0.717) is 0 Å². The van der Waals surface area contributed by atoms with Gasteiger partial charge in [-0.05, 0) is 60.2 Å². The van der Waals surface area contributed by atoms with Crippen molar-refractivity contribution in [1.82, 2.24) is 4.90 Å². The smallest absolute Gasteiger partial charge is 0.0234 e. The van der Waals surface area contributed by atoms with E-state index in [0.717, 1.165) is 18.7 Å². The summed E-state index contributed by atoms with van der Waals surface area (Å²) in [5, 5.41) is 0. The summed E-state index contributed by atoms with van der Waals surface area (Å²) in [5.74, 6) is 0.